The van der Waals surface area contributed by atoms with Crippen LogP contribution in [0, 0.1) is 0 Å². The molecule has 0 unspecified atom stereocenters. The molecule has 1 aliphatic heterocycles. The Morgan fingerprint density at radius 3 is 2.07 bits per heavy atom. The van der Waals surface area contributed by atoms with Crippen molar-refractivity contribution < 1.29 is 0 Å². The van der Waals surface area contributed by atoms with Gasteiger partial charge in [0.15, 0.2) is 5.11 Å². The van der Waals surface area contributed by atoms with Crippen molar-refractivity contribution in [2.75, 3.05) is 22.2 Å². The number of benzene rings is 3. The number of hydrogen-bond donors (Lipinski definition) is 2. The van der Waals surface area contributed by atoms with Gasteiger partial charge in [0.1, 0.15) is 6.67 Å². The number of rotatable bonds is 4. The number of anilines is 3. The van der Waals surface area contributed by atoms with E-state index in [-0.39, 0.29) is 0 Å². The molecule has 3 aromatic rings. The number of hydrogen-bond acceptors (Lipinski definition) is 4. The van der Waals surface area contributed by atoms with Crippen LogP contribution in [-0.2, 0) is 0 Å². The van der Waals surface area contributed by atoms with Gasteiger partial charge >= 0.3 is 0 Å². The molecule has 0 spiro atoms. The van der Waals surface area contributed by atoms with E-state index in [1.165, 1.54) is 0 Å². The van der Waals surface area contributed by atoms with Crippen LogP contribution in [0.3, 0.4) is 0 Å². The van der Waals surface area contributed by atoms with Crippen LogP contribution in [0.5, 0.6) is 0 Å². The molecule has 28 heavy (non-hydrogen) atoms. The SMILES string of the molecule is S=C(Nc1ccccc1)Nc1ccc(N2CN=NC=C2c2ccccc2)cc1. The Labute approximate surface area is 169 Å². The first-order valence-electron chi connectivity index (χ1n) is 8.92. The summed E-state index contributed by atoms with van der Waals surface area (Å²) >= 11 is 5.39. The highest BCUT2D eigenvalue weighted by Gasteiger charge is 2.16. The molecule has 5 nitrogen and oxygen atoms in total. The van der Waals surface area contributed by atoms with E-state index in [0.717, 1.165) is 28.3 Å². The standard InChI is InChI=1S/C22H19N5S/c28-22(25-18-9-5-2-6-10-18)26-19-11-13-20(14-12-19)27-16-24-23-15-21(27)17-7-3-1-4-8-17/h1-15H,16H2,(H2,25,26,28). The van der Waals surface area contributed by atoms with Gasteiger partial charge in [-0.25, -0.2) is 0 Å². The Morgan fingerprint density at radius 2 is 1.39 bits per heavy atom. The summed E-state index contributed by atoms with van der Waals surface area (Å²) in [5, 5.41) is 15.2. The lowest BCUT2D eigenvalue weighted by atomic mass is 10.1. The Bertz CT molecular complexity index is 998. The predicted octanol–water partition coefficient (Wildman–Crippen LogP) is 5.72. The van der Waals surface area contributed by atoms with Gasteiger partial charge in [0.25, 0.3) is 0 Å². The lowest BCUT2D eigenvalue weighted by Crippen LogP contribution is -2.23. The highest BCUT2D eigenvalue weighted by molar-refractivity contribution is 7.80. The molecule has 2 N–H and O–H groups in total. The summed E-state index contributed by atoms with van der Waals surface area (Å²) in [6.45, 7) is 0.488. The van der Waals surface area contributed by atoms with Crippen molar-refractivity contribution in [3.8, 4) is 0 Å². The van der Waals surface area contributed by atoms with Gasteiger partial charge in [-0.15, -0.1) is 0 Å². The van der Waals surface area contributed by atoms with Crippen LogP contribution in [0.2, 0.25) is 0 Å². The fourth-order valence-corrected chi connectivity index (χ4v) is 3.18. The smallest absolute Gasteiger partial charge is 0.175 e. The molecule has 0 amide bonds. The fraction of sp³-hybridized carbons (Fsp3) is 0.0455. The van der Waals surface area contributed by atoms with Crippen LogP contribution in [0.25, 0.3) is 5.70 Å². The van der Waals surface area contributed by atoms with E-state index in [2.05, 4.69) is 37.9 Å². The van der Waals surface area contributed by atoms with E-state index in [9.17, 15) is 0 Å². The average molecular weight is 385 g/mol. The van der Waals surface area contributed by atoms with Crippen molar-refractivity contribution in [3.05, 3.63) is 96.7 Å². The van der Waals surface area contributed by atoms with Crippen LogP contribution in [-0.4, -0.2) is 11.8 Å². The minimum Gasteiger partial charge on any atom is -0.332 e. The van der Waals surface area contributed by atoms with Gasteiger partial charge in [0, 0.05) is 17.1 Å². The van der Waals surface area contributed by atoms with E-state index < -0.39 is 0 Å². The van der Waals surface area contributed by atoms with Gasteiger partial charge in [0.05, 0.1) is 11.9 Å². The fourth-order valence-electron chi connectivity index (χ4n) is 2.94. The molecule has 3 aromatic carbocycles. The zero-order valence-corrected chi connectivity index (χ0v) is 15.9. The molecule has 0 saturated heterocycles. The van der Waals surface area contributed by atoms with E-state index in [1.807, 2.05) is 72.8 Å². The monoisotopic (exact) mass is 385 g/mol. The van der Waals surface area contributed by atoms with Crippen molar-refractivity contribution in [2.45, 2.75) is 0 Å². The third-order valence-electron chi connectivity index (χ3n) is 4.30. The summed E-state index contributed by atoms with van der Waals surface area (Å²) in [4.78, 5) is 2.13. The Morgan fingerprint density at radius 1 is 0.786 bits per heavy atom. The van der Waals surface area contributed by atoms with Crippen molar-refractivity contribution in [1.82, 2.24) is 0 Å². The summed E-state index contributed by atoms with van der Waals surface area (Å²) in [6, 6.07) is 28.1. The molecule has 138 valence electrons. The Kier molecular flexibility index (Phi) is 5.40. The Hall–Kier alpha value is -3.51. The lowest BCUT2D eigenvalue weighted by Gasteiger charge is -2.27. The van der Waals surface area contributed by atoms with Gasteiger partial charge < -0.3 is 15.5 Å². The largest absolute Gasteiger partial charge is 0.332 e. The highest BCUT2D eigenvalue weighted by atomic mass is 32.1. The molecule has 0 saturated carbocycles. The molecule has 0 aliphatic carbocycles. The summed E-state index contributed by atoms with van der Waals surface area (Å²) in [5.74, 6) is 0. The van der Waals surface area contributed by atoms with Gasteiger partial charge in [-0.1, -0.05) is 48.5 Å². The molecular formula is C22H19N5S. The third-order valence-corrected chi connectivity index (χ3v) is 4.50. The second-order valence-electron chi connectivity index (χ2n) is 6.20. The van der Waals surface area contributed by atoms with Crippen molar-refractivity contribution in [2.24, 2.45) is 10.2 Å². The molecule has 0 radical (unpaired) electrons. The molecular weight excluding hydrogens is 366 g/mol. The number of nitrogens with zero attached hydrogens (tertiary/aromatic N) is 3. The normalized spacial score (nSPS) is 13.0. The van der Waals surface area contributed by atoms with Crippen LogP contribution >= 0.6 is 12.2 Å². The molecule has 0 aromatic heterocycles. The molecule has 1 aliphatic rings. The first-order valence-corrected chi connectivity index (χ1v) is 9.33. The van der Waals surface area contributed by atoms with Crippen LogP contribution in [0.4, 0.5) is 17.1 Å². The van der Waals surface area contributed by atoms with Gasteiger partial charge in [0.2, 0.25) is 0 Å². The molecule has 4 rings (SSSR count). The van der Waals surface area contributed by atoms with Crippen molar-refractivity contribution in [1.29, 1.82) is 0 Å². The van der Waals surface area contributed by atoms with Gasteiger partial charge in [-0.05, 0) is 54.2 Å². The van der Waals surface area contributed by atoms with Gasteiger partial charge in [-0.3, -0.25) is 0 Å². The minimum atomic E-state index is 0.488. The summed E-state index contributed by atoms with van der Waals surface area (Å²) in [7, 11) is 0. The quantitative estimate of drug-likeness (QED) is 0.564. The Balaban J connectivity index is 1.46. The van der Waals surface area contributed by atoms with Gasteiger partial charge in [-0.2, -0.15) is 10.2 Å². The molecule has 0 atom stereocenters. The predicted molar refractivity (Wildman–Crippen MR) is 119 cm³/mol. The van der Waals surface area contributed by atoms with E-state index in [4.69, 9.17) is 12.2 Å². The number of para-hydroxylation sites is 1. The summed E-state index contributed by atoms with van der Waals surface area (Å²) in [5.41, 5.74) is 5.05. The topological polar surface area (TPSA) is 52.0 Å². The first kappa shape index (κ1) is 17.9. The number of azo groups is 1. The average Bonchev–Trinajstić information content (AvgIpc) is 2.76. The minimum absolute atomic E-state index is 0.488. The number of nitrogens with one attached hydrogen (secondary N) is 2. The zero-order valence-electron chi connectivity index (χ0n) is 15.1. The second-order valence-corrected chi connectivity index (χ2v) is 6.61. The maximum atomic E-state index is 5.39. The lowest BCUT2D eigenvalue weighted by molar-refractivity contribution is 0.887. The van der Waals surface area contributed by atoms with Crippen LogP contribution in [0.15, 0.2) is 101 Å². The maximum Gasteiger partial charge on any atom is 0.175 e. The molecule has 6 heteroatoms. The third kappa shape index (κ3) is 4.24. The van der Waals surface area contributed by atoms with E-state index in [0.29, 0.717) is 11.8 Å². The van der Waals surface area contributed by atoms with Crippen molar-refractivity contribution in [3.63, 3.8) is 0 Å². The molecule has 1 heterocycles. The molecule has 0 bridgehead atoms. The second kappa shape index (κ2) is 8.45. The van der Waals surface area contributed by atoms with Crippen LogP contribution < -0.4 is 15.5 Å². The maximum absolute atomic E-state index is 5.39. The zero-order chi connectivity index (χ0) is 19.2. The first-order chi connectivity index (χ1) is 13.8. The summed E-state index contributed by atoms with van der Waals surface area (Å²) in [6.07, 6.45) is 1.80. The molecule has 0 fully saturated rings. The van der Waals surface area contributed by atoms with E-state index >= 15 is 0 Å². The number of thiocarbonyl (C=S) groups is 1. The van der Waals surface area contributed by atoms with E-state index in [1.54, 1.807) is 6.20 Å². The van der Waals surface area contributed by atoms with Crippen molar-refractivity contribution >= 4 is 40.1 Å². The summed E-state index contributed by atoms with van der Waals surface area (Å²) < 4.78 is 0. The van der Waals surface area contributed by atoms with Crippen LogP contribution in [0.1, 0.15) is 5.56 Å². The highest BCUT2D eigenvalue weighted by Crippen LogP contribution is 2.29.